The van der Waals surface area contributed by atoms with E-state index >= 15 is 0 Å². The largest absolute Gasteiger partial charge is 0.485 e. The first kappa shape index (κ1) is 14.7. The van der Waals surface area contributed by atoms with E-state index in [1.54, 1.807) is 6.33 Å². The molecule has 2 aromatic rings. The molecule has 23 heavy (non-hydrogen) atoms. The maximum Gasteiger partial charge on any atom is 0.151 e. The van der Waals surface area contributed by atoms with Crippen molar-refractivity contribution in [3.8, 4) is 17.1 Å². The lowest BCUT2D eigenvalue weighted by atomic mass is 9.74. The molecule has 4 nitrogen and oxygen atoms in total. The molecular weight excluding hydrogens is 286 g/mol. The highest BCUT2D eigenvalue weighted by Crippen LogP contribution is 2.47. The molecule has 0 amide bonds. The lowest BCUT2D eigenvalue weighted by Gasteiger charge is -2.45. The summed E-state index contributed by atoms with van der Waals surface area (Å²) in [4.78, 5) is 12.3. The molecule has 0 atom stereocenters. The van der Waals surface area contributed by atoms with Gasteiger partial charge in [0.2, 0.25) is 0 Å². The third-order valence-corrected chi connectivity index (χ3v) is 5.00. The van der Waals surface area contributed by atoms with E-state index in [2.05, 4.69) is 36.8 Å². The second-order valence-electron chi connectivity index (χ2n) is 8.29. The zero-order valence-electron chi connectivity index (χ0n) is 14.3. The first-order valence-corrected chi connectivity index (χ1v) is 8.65. The predicted octanol–water partition coefficient (Wildman–Crippen LogP) is 4.31. The highest BCUT2D eigenvalue weighted by Gasteiger charge is 2.43. The van der Waals surface area contributed by atoms with Gasteiger partial charge in [-0.3, -0.25) is 0 Å². The molecule has 3 heterocycles. The smallest absolute Gasteiger partial charge is 0.151 e. The third kappa shape index (κ3) is 2.75. The number of nitrogens with one attached hydrogen (secondary N) is 1. The van der Waals surface area contributed by atoms with E-state index in [0.717, 1.165) is 42.1 Å². The Morgan fingerprint density at radius 2 is 2.09 bits per heavy atom. The van der Waals surface area contributed by atoms with Crippen LogP contribution in [-0.4, -0.2) is 20.6 Å². The Bertz CT molecular complexity index is 709. The zero-order chi connectivity index (χ0) is 16.1. The Labute approximate surface area is 137 Å². The van der Waals surface area contributed by atoms with Crippen LogP contribution in [0.2, 0.25) is 0 Å². The summed E-state index contributed by atoms with van der Waals surface area (Å²) >= 11 is 0. The van der Waals surface area contributed by atoms with Gasteiger partial charge in [0, 0.05) is 5.69 Å². The second kappa shape index (κ2) is 5.08. The van der Waals surface area contributed by atoms with Gasteiger partial charge >= 0.3 is 0 Å². The van der Waals surface area contributed by atoms with E-state index in [4.69, 9.17) is 9.72 Å². The summed E-state index contributed by atoms with van der Waals surface area (Å²) in [5, 5.41) is 0. The van der Waals surface area contributed by atoms with E-state index in [0.29, 0.717) is 0 Å². The van der Waals surface area contributed by atoms with Gasteiger partial charge in [-0.15, -0.1) is 0 Å². The monoisotopic (exact) mass is 311 g/mol. The molecule has 1 fully saturated rings. The van der Waals surface area contributed by atoms with Crippen molar-refractivity contribution in [1.29, 1.82) is 0 Å². The number of aromatic nitrogens is 3. The molecule has 0 bridgehead atoms. The van der Waals surface area contributed by atoms with E-state index in [-0.39, 0.29) is 11.0 Å². The maximum absolute atomic E-state index is 6.49. The number of fused-ring (bicyclic) bond motifs is 1. The minimum absolute atomic E-state index is 0.0784. The van der Waals surface area contributed by atoms with E-state index in [1.165, 1.54) is 24.8 Å². The number of rotatable bonds is 2. The van der Waals surface area contributed by atoms with Crippen molar-refractivity contribution in [2.45, 2.75) is 64.9 Å². The summed E-state index contributed by atoms with van der Waals surface area (Å²) in [6, 6.07) is 2.26. The first-order valence-electron chi connectivity index (χ1n) is 8.65. The normalized spacial score (nSPS) is 19.1. The molecule has 4 rings (SSSR count). The Hall–Kier alpha value is -1.84. The number of hydrogen-bond donors (Lipinski definition) is 1. The van der Waals surface area contributed by atoms with E-state index in [1.807, 2.05) is 6.20 Å². The lowest BCUT2D eigenvalue weighted by Crippen LogP contribution is -2.46. The Balaban J connectivity index is 1.79. The maximum atomic E-state index is 6.49. The van der Waals surface area contributed by atoms with Gasteiger partial charge in [0.15, 0.2) is 5.75 Å². The molecule has 0 saturated heterocycles. The lowest BCUT2D eigenvalue weighted by molar-refractivity contribution is -0.0247. The third-order valence-electron chi connectivity index (χ3n) is 5.00. The molecule has 1 N–H and O–H groups in total. The fraction of sp³-hybridized carbons (Fsp3) is 0.579. The van der Waals surface area contributed by atoms with Crippen LogP contribution < -0.4 is 4.74 Å². The minimum atomic E-state index is 0.0784. The van der Waals surface area contributed by atoms with Gasteiger partial charge in [-0.2, -0.15) is 0 Å². The van der Waals surface area contributed by atoms with E-state index < -0.39 is 0 Å². The van der Waals surface area contributed by atoms with Gasteiger partial charge in [-0.1, -0.05) is 20.8 Å². The molecule has 0 unspecified atom stereocenters. The first-order chi connectivity index (χ1) is 10.9. The number of pyridine rings is 1. The molecule has 1 aliphatic carbocycles. The van der Waals surface area contributed by atoms with Crippen LogP contribution in [0, 0.1) is 5.41 Å². The molecule has 0 aromatic carbocycles. The van der Waals surface area contributed by atoms with Crippen LogP contribution in [0.4, 0.5) is 0 Å². The highest BCUT2D eigenvalue weighted by molar-refractivity contribution is 5.65. The standard InChI is InChI=1S/C19H25N3O/c1-18(2,3)10-14-9-13-5-8-19(6-4-7-19)23-17(13)16(22-14)15-11-20-12-21-15/h9,11-12H,4-8,10H2,1-3H3,(H,20,21). The summed E-state index contributed by atoms with van der Waals surface area (Å²) in [6.45, 7) is 6.76. The number of aromatic amines is 1. The summed E-state index contributed by atoms with van der Waals surface area (Å²) < 4.78 is 6.49. The number of ether oxygens (including phenoxy) is 1. The summed E-state index contributed by atoms with van der Waals surface area (Å²) in [5.41, 5.74) is 4.64. The molecule has 1 spiro atoms. The second-order valence-corrected chi connectivity index (χ2v) is 8.29. The molecule has 2 aromatic heterocycles. The van der Waals surface area contributed by atoms with Gasteiger partial charge in [-0.05, 0) is 55.6 Å². The van der Waals surface area contributed by atoms with Crippen LogP contribution in [-0.2, 0) is 12.8 Å². The Morgan fingerprint density at radius 1 is 1.26 bits per heavy atom. The Morgan fingerprint density at radius 3 is 2.70 bits per heavy atom. The quantitative estimate of drug-likeness (QED) is 0.899. The van der Waals surface area contributed by atoms with Crippen LogP contribution >= 0.6 is 0 Å². The van der Waals surface area contributed by atoms with Crippen molar-refractivity contribution in [2.24, 2.45) is 5.41 Å². The molecule has 1 saturated carbocycles. The average Bonchev–Trinajstić information content (AvgIpc) is 2.96. The number of imidazole rings is 1. The fourth-order valence-corrected chi connectivity index (χ4v) is 3.70. The summed E-state index contributed by atoms with van der Waals surface area (Å²) in [6.07, 6.45) is 10.4. The van der Waals surface area contributed by atoms with Gasteiger partial charge in [0.05, 0.1) is 18.2 Å². The zero-order valence-corrected chi connectivity index (χ0v) is 14.3. The van der Waals surface area contributed by atoms with Crippen molar-refractivity contribution in [2.75, 3.05) is 0 Å². The SMILES string of the molecule is CC(C)(C)Cc1cc2c(c(-c3cnc[nH]3)n1)OC1(CCC1)CC2. The van der Waals surface area contributed by atoms with Crippen LogP contribution in [0.5, 0.6) is 5.75 Å². The Kier molecular flexibility index (Phi) is 3.26. The van der Waals surface area contributed by atoms with E-state index in [9.17, 15) is 0 Å². The minimum Gasteiger partial charge on any atom is -0.485 e. The predicted molar refractivity (Wildman–Crippen MR) is 90.5 cm³/mol. The molecule has 2 aliphatic rings. The molecule has 1 aliphatic heterocycles. The number of nitrogens with zero attached hydrogens (tertiary/aromatic N) is 2. The molecular formula is C19H25N3O. The fourth-order valence-electron chi connectivity index (χ4n) is 3.70. The molecule has 0 radical (unpaired) electrons. The van der Waals surface area contributed by atoms with Crippen molar-refractivity contribution < 1.29 is 4.74 Å². The number of aryl methyl sites for hydroxylation is 1. The van der Waals surface area contributed by atoms with Crippen LogP contribution in [0.25, 0.3) is 11.4 Å². The summed E-state index contributed by atoms with van der Waals surface area (Å²) in [5.74, 6) is 0.984. The molecule has 4 heteroatoms. The van der Waals surface area contributed by atoms with Gasteiger partial charge in [0.1, 0.15) is 11.3 Å². The van der Waals surface area contributed by atoms with Crippen molar-refractivity contribution in [3.63, 3.8) is 0 Å². The van der Waals surface area contributed by atoms with Crippen molar-refractivity contribution in [3.05, 3.63) is 29.8 Å². The van der Waals surface area contributed by atoms with Gasteiger partial charge < -0.3 is 9.72 Å². The van der Waals surface area contributed by atoms with Gasteiger partial charge in [-0.25, -0.2) is 9.97 Å². The van der Waals surface area contributed by atoms with Crippen molar-refractivity contribution in [1.82, 2.24) is 15.0 Å². The number of H-pyrrole nitrogens is 1. The molecule has 122 valence electrons. The highest BCUT2D eigenvalue weighted by atomic mass is 16.5. The van der Waals surface area contributed by atoms with Gasteiger partial charge in [0.25, 0.3) is 0 Å². The van der Waals surface area contributed by atoms with Crippen LogP contribution in [0.15, 0.2) is 18.6 Å². The van der Waals surface area contributed by atoms with Crippen LogP contribution in [0.3, 0.4) is 0 Å². The summed E-state index contributed by atoms with van der Waals surface area (Å²) in [7, 11) is 0. The topological polar surface area (TPSA) is 50.8 Å². The average molecular weight is 311 g/mol. The number of hydrogen-bond acceptors (Lipinski definition) is 3. The van der Waals surface area contributed by atoms with Crippen molar-refractivity contribution >= 4 is 0 Å². The van der Waals surface area contributed by atoms with Crippen LogP contribution in [0.1, 0.15) is 57.7 Å².